The maximum atomic E-state index is 12.5. The number of aromatic nitrogens is 1. The smallest absolute Gasteiger partial charge is 0.303 e. The average Bonchev–Trinajstić information content (AvgIpc) is 3.30. The number of fused-ring (bicyclic) bond motifs is 1. The first-order valence-corrected chi connectivity index (χ1v) is 7.71. The molecule has 1 aliphatic rings. The fourth-order valence-electron chi connectivity index (χ4n) is 2.89. The van der Waals surface area contributed by atoms with Crippen LogP contribution in [-0.2, 0) is 11.3 Å². The Hall–Kier alpha value is -2.30. The fourth-order valence-corrected chi connectivity index (χ4v) is 2.89. The number of carboxylic acids is 1. The summed E-state index contributed by atoms with van der Waals surface area (Å²) < 4.78 is 1.64. The van der Waals surface area contributed by atoms with E-state index in [0.29, 0.717) is 30.7 Å². The molecule has 3 rings (SSSR count). The van der Waals surface area contributed by atoms with Gasteiger partial charge in [0.1, 0.15) is 0 Å². The van der Waals surface area contributed by atoms with E-state index in [-0.39, 0.29) is 12.0 Å². The first-order chi connectivity index (χ1) is 10.6. The third-order valence-electron chi connectivity index (χ3n) is 4.29. The van der Waals surface area contributed by atoms with Gasteiger partial charge in [-0.1, -0.05) is 6.07 Å². The van der Waals surface area contributed by atoms with Gasteiger partial charge in [0.15, 0.2) is 0 Å². The number of anilines is 1. The number of carbonyl (C=O) groups is 1. The van der Waals surface area contributed by atoms with Crippen molar-refractivity contribution in [1.29, 1.82) is 0 Å². The minimum Gasteiger partial charge on any atom is -0.481 e. The van der Waals surface area contributed by atoms with Gasteiger partial charge < -0.3 is 15.4 Å². The van der Waals surface area contributed by atoms with E-state index in [4.69, 9.17) is 10.8 Å². The van der Waals surface area contributed by atoms with E-state index in [2.05, 4.69) is 0 Å². The van der Waals surface area contributed by atoms with Crippen LogP contribution in [0.1, 0.15) is 43.6 Å². The highest BCUT2D eigenvalue weighted by molar-refractivity contribution is 5.94. The number of aliphatic carboxylic acids is 1. The Labute approximate surface area is 128 Å². The summed E-state index contributed by atoms with van der Waals surface area (Å²) in [6.07, 6.45) is 5.50. The standard InChI is InChI=1S/C17H20N2O3/c18-16-12(11-4-5-11)6-7-14-13(16)8-10-19(17(14)22)9-2-1-3-15(20)21/h6-8,10-11H,1-5,9,18H2,(H,20,21). The molecule has 3 N–H and O–H groups in total. The maximum Gasteiger partial charge on any atom is 0.303 e. The Bertz CT molecular complexity index is 775. The highest BCUT2D eigenvalue weighted by Crippen LogP contribution is 2.44. The Morgan fingerprint density at radius 2 is 2.00 bits per heavy atom. The normalized spacial score (nSPS) is 14.4. The number of nitrogens with two attached hydrogens (primary N) is 1. The van der Waals surface area contributed by atoms with Crippen LogP contribution < -0.4 is 11.3 Å². The molecule has 0 bridgehead atoms. The van der Waals surface area contributed by atoms with Gasteiger partial charge in [-0.05, 0) is 49.3 Å². The van der Waals surface area contributed by atoms with Gasteiger partial charge >= 0.3 is 5.97 Å². The molecule has 5 nitrogen and oxygen atoms in total. The van der Waals surface area contributed by atoms with Gasteiger partial charge in [-0.2, -0.15) is 0 Å². The number of nitrogens with zero attached hydrogens (tertiary/aromatic N) is 1. The number of aryl methyl sites for hydroxylation is 1. The number of hydrogen-bond acceptors (Lipinski definition) is 3. The molecule has 1 saturated carbocycles. The van der Waals surface area contributed by atoms with Crippen molar-refractivity contribution >= 4 is 22.4 Å². The minimum atomic E-state index is -0.800. The number of rotatable bonds is 6. The molecular weight excluding hydrogens is 280 g/mol. The van der Waals surface area contributed by atoms with Crippen LogP contribution in [0.2, 0.25) is 0 Å². The number of hydrogen-bond donors (Lipinski definition) is 2. The molecular formula is C17H20N2O3. The van der Waals surface area contributed by atoms with E-state index >= 15 is 0 Å². The van der Waals surface area contributed by atoms with Crippen molar-refractivity contribution < 1.29 is 9.90 Å². The number of benzene rings is 1. The lowest BCUT2D eigenvalue weighted by Gasteiger charge is -2.11. The molecule has 1 aliphatic carbocycles. The lowest BCUT2D eigenvalue weighted by Crippen LogP contribution is -2.20. The van der Waals surface area contributed by atoms with Crippen molar-refractivity contribution in [2.24, 2.45) is 0 Å². The van der Waals surface area contributed by atoms with Gasteiger partial charge in [-0.25, -0.2) is 0 Å². The zero-order valence-electron chi connectivity index (χ0n) is 12.4. The SMILES string of the molecule is Nc1c(C2CC2)ccc2c(=O)n(CCCCC(=O)O)ccc12. The largest absolute Gasteiger partial charge is 0.481 e. The first-order valence-electron chi connectivity index (χ1n) is 7.71. The quantitative estimate of drug-likeness (QED) is 0.634. The Kier molecular flexibility index (Phi) is 3.88. The molecule has 0 spiro atoms. The van der Waals surface area contributed by atoms with E-state index in [1.54, 1.807) is 10.8 Å². The van der Waals surface area contributed by atoms with E-state index in [0.717, 1.165) is 16.6 Å². The Morgan fingerprint density at radius 3 is 2.68 bits per heavy atom. The zero-order valence-corrected chi connectivity index (χ0v) is 12.4. The van der Waals surface area contributed by atoms with Gasteiger partial charge in [0.05, 0.1) is 0 Å². The number of carboxylic acid groups (broad SMARTS) is 1. The van der Waals surface area contributed by atoms with Crippen LogP contribution in [0.25, 0.3) is 10.8 Å². The molecule has 116 valence electrons. The minimum absolute atomic E-state index is 0.0538. The van der Waals surface area contributed by atoms with Gasteiger partial charge in [0, 0.05) is 35.6 Å². The van der Waals surface area contributed by atoms with E-state index in [1.165, 1.54) is 12.8 Å². The molecule has 0 atom stereocenters. The molecule has 2 aromatic rings. The lowest BCUT2D eigenvalue weighted by atomic mass is 10.0. The fraction of sp³-hybridized carbons (Fsp3) is 0.412. The van der Waals surface area contributed by atoms with Crippen molar-refractivity contribution in [1.82, 2.24) is 4.57 Å². The second kappa shape index (κ2) is 5.83. The third kappa shape index (κ3) is 2.84. The molecule has 0 unspecified atom stereocenters. The average molecular weight is 300 g/mol. The van der Waals surface area contributed by atoms with Crippen molar-refractivity contribution in [3.8, 4) is 0 Å². The molecule has 0 amide bonds. The van der Waals surface area contributed by atoms with Crippen molar-refractivity contribution in [2.75, 3.05) is 5.73 Å². The number of nitrogen functional groups attached to an aromatic ring is 1. The van der Waals surface area contributed by atoms with Crippen LogP contribution in [-0.4, -0.2) is 15.6 Å². The second-order valence-electron chi connectivity index (χ2n) is 5.97. The molecule has 0 radical (unpaired) electrons. The molecule has 0 aliphatic heterocycles. The van der Waals surface area contributed by atoms with Crippen LogP contribution in [0.15, 0.2) is 29.2 Å². The zero-order chi connectivity index (χ0) is 15.7. The van der Waals surface area contributed by atoms with Crippen LogP contribution in [0.4, 0.5) is 5.69 Å². The summed E-state index contributed by atoms with van der Waals surface area (Å²) in [5, 5.41) is 10.1. The topological polar surface area (TPSA) is 85.3 Å². The summed E-state index contributed by atoms with van der Waals surface area (Å²) in [6.45, 7) is 0.534. The predicted octanol–water partition coefficient (Wildman–Crippen LogP) is 2.72. The molecule has 1 aromatic carbocycles. The lowest BCUT2D eigenvalue weighted by molar-refractivity contribution is -0.137. The summed E-state index contributed by atoms with van der Waals surface area (Å²) in [5.41, 5.74) is 8.06. The summed E-state index contributed by atoms with van der Waals surface area (Å²) in [6, 6.07) is 5.75. The van der Waals surface area contributed by atoms with Crippen LogP contribution >= 0.6 is 0 Å². The van der Waals surface area contributed by atoms with Gasteiger partial charge in [-0.15, -0.1) is 0 Å². The number of unbranched alkanes of at least 4 members (excludes halogenated alkanes) is 1. The molecule has 0 saturated heterocycles. The summed E-state index contributed by atoms with van der Waals surface area (Å²) in [5.74, 6) is -0.242. The predicted molar refractivity (Wildman–Crippen MR) is 86.1 cm³/mol. The summed E-state index contributed by atoms with van der Waals surface area (Å²) >= 11 is 0. The van der Waals surface area contributed by atoms with E-state index < -0.39 is 5.97 Å². The highest BCUT2D eigenvalue weighted by atomic mass is 16.4. The molecule has 1 aromatic heterocycles. The summed E-state index contributed by atoms with van der Waals surface area (Å²) in [4.78, 5) is 23.0. The molecule has 22 heavy (non-hydrogen) atoms. The second-order valence-corrected chi connectivity index (χ2v) is 5.97. The van der Waals surface area contributed by atoms with Crippen molar-refractivity contribution in [3.05, 3.63) is 40.3 Å². The third-order valence-corrected chi connectivity index (χ3v) is 4.29. The van der Waals surface area contributed by atoms with Gasteiger partial charge in [-0.3, -0.25) is 9.59 Å². The van der Waals surface area contributed by atoms with Gasteiger partial charge in [0.25, 0.3) is 5.56 Å². The Morgan fingerprint density at radius 1 is 1.23 bits per heavy atom. The van der Waals surface area contributed by atoms with E-state index in [1.807, 2.05) is 18.2 Å². The summed E-state index contributed by atoms with van der Waals surface area (Å²) in [7, 11) is 0. The maximum absolute atomic E-state index is 12.5. The van der Waals surface area contributed by atoms with Crippen LogP contribution in [0.3, 0.4) is 0 Å². The monoisotopic (exact) mass is 300 g/mol. The van der Waals surface area contributed by atoms with Gasteiger partial charge in [0.2, 0.25) is 0 Å². The molecule has 5 heteroatoms. The van der Waals surface area contributed by atoms with Crippen LogP contribution in [0.5, 0.6) is 0 Å². The van der Waals surface area contributed by atoms with Crippen molar-refractivity contribution in [3.63, 3.8) is 0 Å². The van der Waals surface area contributed by atoms with Crippen molar-refractivity contribution in [2.45, 2.75) is 44.6 Å². The van der Waals surface area contributed by atoms with Crippen LogP contribution in [0, 0.1) is 0 Å². The Balaban J connectivity index is 1.85. The highest BCUT2D eigenvalue weighted by Gasteiger charge is 2.26. The molecule has 1 fully saturated rings. The van der Waals surface area contributed by atoms with E-state index in [9.17, 15) is 9.59 Å². The first kappa shape index (κ1) is 14.6. The number of pyridine rings is 1. The molecule has 1 heterocycles.